The fraction of sp³-hybridized carbons (Fsp3) is 0.222. The smallest absolute Gasteiger partial charge is 0.231 e. The Morgan fingerprint density at radius 1 is 1.18 bits per heavy atom. The van der Waals surface area contributed by atoms with Gasteiger partial charge in [-0.25, -0.2) is 4.39 Å². The van der Waals surface area contributed by atoms with Crippen molar-refractivity contribution in [3.05, 3.63) is 65.0 Å². The zero-order valence-corrected chi connectivity index (χ0v) is 12.3. The van der Waals surface area contributed by atoms with Gasteiger partial charge in [0.05, 0.1) is 13.0 Å². The first kappa shape index (κ1) is 14.4. The van der Waals surface area contributed by atoms with Gasteiger partial charge in [0.1, 0.15) is 5.82 Å². The summed E-state index contributed by atoms with van der Waals surface area (Å²) < 4.78 is 13.2. The zero-order valence-electron chi connectivity index (χ0n) is 12.3. The number of amides is 1. The summed E-state index contributed by atoms with van der Waals surface area (Å²) in [6.07, 6.45) is 0.711. The molecular weight excluding hydrogens is 281 g/mol. The van der Waals surface area contributed by atoms with Gasteiger partial charge in [0.25, 0.3) is 0 Å². The molecule has 0 spiro atoms. The van der Waals surface area contributed by atoms with Gasteiger partial charge in [0.15, 0.2) is 5.78 Å². The van der Waals surface area contributed by atoms with Crippen LogP contribution in [0.15, 0.2) is 42.5 Å². The summed E-state index contributed by atoms with van der Waals surface area (Å²) in [7, 11) is 0. The number of nitrogens with zero attached hydrogens (tertiary/aromatic N) is 1. The lowest BCUT2D eigenvalue weighted by atomic mass is 10.1. The van der Waals surface area contributed by atoms with E-state index in [1.54, 1.807) is 23.1 Å². The molecule has 2 aromatic carbocycles. The van der Waals surface area contributed by atoms with Gasteiger partial charge < -0.3 is 4.90 Å². The molecule has 0 aliphatic carbocycles. The minimum Gasteiger partial charge on any atom is -0.307 e. The van der Waals surface area contributed by atoms with Gasteiger partial charge in [-0.05, 0) is 29.3 Å². The van der Waals surface area contributed by atoms with E-state index in [0.717, 1.165) is 16.8 Å². The average Bonchev–Trinajstić information content (AvgIpc) is 2.82. The Morgan fingerprint density at radius 3 is 2.59 bits per heavy atom. The van der Waals surface area contributed by atoms with Crippen LogP contribution in [-0.2, 0) is 17.8 Å². The summed E-state index contributed by atoms with van der Waals surface area (Å²) >= 11 is 0. The standard InChI is InChI=1S/C18H16FNO2/c1-2-17(21)13-5-3-12(4-6-13)11-20-16-8-7-15(19)9-14(16)10-18(20)22/h3-9H,2,10-11H2,1H3. The Bertz CT molecular complexity index is 737. The molecule has 3 rings (SSSR count). The molecule has 0 fully saturated rings. The fourth-order valence-electron chi connectivity index (χ4n) is 2.71. The molecule has 112 valence electrons. The topological polar surface area (TPSA) is 37.4 Å². The molecule has 0 aromatic heterocycles. The Morgan fingerprint density at radius 2 is 1.91 bits per heavy atom. The van der Waals surface area contributed by atoms with Crippen LogP contribution in [0, 0.1) is 5.82 Å². The predicted octanol–water partition coefficient (Wildman–Crippen LogP) is 3.51. The highest BCUT2D eigenvalue weighted by atomic mass is 19.1. The molecule has 22 heavy (non-hydrogen) atoms. The van der Waals surface area contributed by atoms with Gasteiger partial charge in [-0.15, -0.1) is 0 Å². The minimum absolute atomic E-state index is 0.0330. The Kier molecular flexibility index (Phi) is 3.75. The normalized spacial score (nSPS) is 13.4. The van der Waals surface area contributed by atoms with Crippen LogP contribution in [0.1, 0.15) is 34.8 Å². The first-order valence-corrected chi connectivity index (χ1v) is 7.29. The van der Waals surface area contributed by atoms with Crippen molar-refractivity contribution < 1.29 is 14.0 Å². The van der Waals surface area contributed by atoms with Gasteiger partial charge >= 0.3 is 0 Å². The van der Waals surface area contributed by atoms with Crippen molar-refractivity contribution in [2.75, 3.05) is 4.90 Å². The second kappa shape index (κ2) is 5.72. The molecule has 0 bridgehead atoms. The lowest BCUT2D eigenvalue weighted by molar-refractivity contribution is -0.117. The molecule has 3 nitrogen and oxygen atoms in total. The van der Waals surface area contributed by atoms with E-state index >= 15 is 0 Å². The zero-order chi connectivity index (χ0) is 15.7. The molecular formula is C18H16FNO2. The molecule has 0 N–H and O–H groups in total. The van der Waals surface area contributed by atoms with Crippen molar-refractivity contribution in [1.82, 2.24) is 0 Å². The van der Waals surface area contributed by atoms with Crippen LogP contribution in [-0.4, -0.2) is 11.7 Å². The molecule has 1 aliphatic heterocycles. The van der Waals surface area contributed by atoms with E-state index < -0.39 is 0 Å². The molecule has 1 amide bonds. The first-order valence-electron chi connectivity index (χ1n) is 7.29. The summed E-state index contributed by atoms with van der Waals surface area (Å²) in [5, 5.41) is 0. The number of anilines is 1. The van der Waals surface area contributed by atoms with Crippen molar-refractivity contribution in [3.8, 4) is 0 Å². The molecule has 0 atom stereocenters. The van der Waals surface area contributed by atoms with Crippen molar-refractivity contribution >= 4 is 17.4 Å². The van der Waals surface area contributed by atoms with Crippen LogP contribution < -0.4 is 4.90 Å². The van der Waals surface area contributed by atoms with Crippen LogP contribution in [0.2, 0.25) is 0 Å². The van der Waals surface area contributed by atoms with E-state index in [4.69, 9.17) is 0 Å². The maximum Gasteiger partial charge on any atom is 0.231 e. The molecule has 0 radical (unpaired) electrons. The number of Topliss-reactive ketones (excluding diaryl/α,β-unsaturated/α-hetero) is 1. The second-order valence-electron chi connectivity index (χ2n) is 5.40. The Balaban J connectivity index is 1.82. The van der Waals surface area contributed by atoms with Gasteiger partial charge in [-0.1, -0.05) is 31.2 Å². The number of rotatable bonds is 4. The van der Waals surface area contributed by atoms with Crippen molar-refractivity contribution in [1.29, 1.82) is 0 Å². The fourth-order valence-corrected chi connectivity index (χ4v) is 2.71. The summed E-state index contributed by atoms with van der Waals surface area (Å²) in [5.74, 6) is -0.255. The van der Waals surface area contributed by atoms with Crippen molar-refractivity contribution in [2.45, 2.75) is 26.3 Å². The third-order valence-electron chi connectivity index (χ3n) is 3.91. The van der Waals surface area contributed by atoms with Crippen LogP contribution in [0.4, 0.5) is 10.1 Å². The molecule has 0 saturated carbocycles. The van der Waals surface area contributed by atoms with Gasteiger partial charge in [0.2, 0.25) is 5.91 Å². The number of halogens is 1. The number of benzene rings is 2. The quantitative estimate of drug-likeness (QED) is 0.810. The number of carbonyl (C=O) groups is 2. The number of carbonyl (C=O) groups excluding carboxylic acids is 2. The molecule has 0 saturated heterocycles. The third kappa shape index (κ3) is 2.64. The van der Waals surface area contributed by atoms with E-state index in [1.165, 1.54) is 12.1 Å². The maximum absolute atomic E-state index is 13.2. The summed E-state index contributed by atoms with van der Waals surface area (Å²) in [4.78, 5) is 25.4. The minimum atomic E-state index is -0.323. The van der Waals surface area contributed by atoms with Gasteiger partial charge in [-0.2, -0.15) is 0 Å². The van der Waals surface area contributed by atoms with Crippen LogP contribution in [0.3, 0.4) is 0 Å². The monoisotopic (exact) mass is 297 g/mol. The van der Waals surface area contributed by atoms with Gasteiger partial charge in [0, 0.05) is 17.7 Å². The van der Waals surface area contributed by atoms with Crippen molar-refractivity contribution in [2.24, 2.45) is 0 Å². The van der Waals surface area contributed by atoms with Crippen LogP contribution in [0.25, 0.3) is 0 Å². The first-order chi connectivity index (χ1) is 10.6. The third-order valence-corrected chi connectivity index (χ3v) is 3.91. The predicted molar refractivity (Wildman–Crippen MR) is 82.4 cm³/mol. The van der Waals surface area contributed by atoms with E-state index in [9.17, 15) is 14.0 Å². The summed E-state index contributed by atoms with van der Waals surface area (Å²) in [6, 6.07) is 11.7. The highest BCUT2D eigenvalue weighted by Crippen LogP contribution is 2.30. The maximum atomic E-state index is 13.2. The molecule has 0 unspecified atom stereocenters. The number of hydrogen-bond donors (Lipinski definition) is 0. The van der Waals surface area contributed by atoms with E-state index in [1.807, 2.05) is 19.1 Å². The summed E-state index contributed by atoms with van der Waals surface area (Å²) in [5.41, 5.74) is 3.11. The number of fused-ring (bicyclic) bond motifs is 1. The highest BCUT2D eigenvalue weighted by molar-refractivity contribution is 6.01. The van der Waals surface area contributed by atoms with Crippen molar-refractivity contribution in [3.63, 3.8) is 0 Å². The highest BCUT2D eigenvalue weighted by Gasteiger charge is 2.27. The molecule has 4 heteroatoms. The lowest BCUT2D eigenvalue weighted by Gasteiger charge is -2.17. The van der Waals surface area contributed by atoms with Gasteiger partial charge in [-0.3, -0.25) is 9.59 Å². The largest absolute Gasteiger partial charge is 0.307 e. The molecule has 1 aliphatic rings. The Hall–Kier alpha value is -2.49. The second-order valence-corrected chi connectivity index (χ2v) is 5.40. The Labute approximate surface area is 128 Å². The van der Waals surface area contributed by atoms with E-state index in [0.29, 0.717) is 18.5 Å². The van der Waals surface area contributed by atoms with E-state index in [-0.39, 0.29) is 23.9 Å². The SMILES string of the molecule is CCC(=O)c1ccc(CN2C(=O)Cc3cc(F)ccc32)cc1. The number of hydrogen-bond acceptors (Lipinski definition) is 2. The summed E-state index contributed by atoms with van der Waals surface area (Å²) in [6.45, 7) is 2.26. The lowest BCUT2D eigenvalue weighted by Crippen LogP contribution is -2.25. The van der Waals surface area contributed by atoms with Crippen LogP contribution >= 0.6 is 0 Å². The number of ketones is 1. The van der Waals surface area contributed by atoms with Crippen LogP contribution in [0.5, 0.6) is 0 Å². The molecule has 1 heterocycles. The molecule has 2 aromatic rings. The van der Waals surface area contributed by atoms with E-state index in [2.05, 4.69) is 0 Å². The average molecular weight is 297 g/mol.